The average molecular weight is 275 g/mol. The number of carbonyl (C=O) groups excluding carboxylic acids is 1. The number of amides is 1. The van der Waals surface area contributed by atoms with E-state index in [1.165, 1.54) is 0 Å². The maximum absolute atomic E-state index is 11.8. The molecule has 2 N–H and O–H groups in total. The normalized spacial score (nSPS) is 17.9. The van der Waals surface area contributed by atoms with Crippen molar-refractivity contribution < 1.29 is 24.5 Å². The summed E-state index contributed by atoms with van der Waals surface area (Å²) in [5, 5.41) is 17.9. The van der Waals surface area contributed by atoms with Crippen molar-refractivity contribution in [1.29, 1.82) is 0 Å². The second-order valence-electron chi connectivity index (χ2n) is 5.79. The SMILES string of the molecule is CC(C)(C)OC(=O)N1CCC(OC(CO)CO)CC1. The van der Waals surface area contributed by atoms with Gasteiger partial charge in [0.25, 0.3) is 0 Å². The van der Waals surface area contributed by atoms with E-state index in [0.717, 1.165) is 0 Å². The summed E-state index contributed by atoms with van der Waals surface area (Å²) in [6.45, 7) is 6.29. The zero-order chi connectivity index (χ0) is 14.5. The van der Waals surface area contributed by atoms with E-state index in [4.69, 9.17) is 19.7 Å². The largest absolute Gasteiger partial charge is 0.444 e. The first kappa shape index (κ1) is 16.2. The van der Waals surface area contributed by atoms with Gasteiger partial charge in [-0.1, -0.05) is 0 Å². The van der Waals surface area contributed by atoms with Crippen molar-refractivity contribution in [3.63, 3.8) is 0 Å². The van der Waals surface area contributed by atoms with Gasteiger partial charge in [0.1, 0.15) is 11.7 Å². The molecule has 1 rings (SSSR count). The second-order valence-corrected chi connectivity index (χ2v) is 5.79. The minimum Gasteiger partial charge on any atom is -0.444 e. The molecule has 1 saturated heterocycles. The van der Waals surface area contributed by atoms with Crippen LogP contribution in [0.2, 0.25) is 0 Å². The van der Waals surface area contributed by atoms with Crippen LogP contribution in [0.5, 0.6) is 0 Å². The molecular weight excluding hydrogens is 250 g/mol. The van der Waals surface area contributed by atoms with Gasteiger partial charge in [0, 0.05) is 13.1 Å². The van der Waals surface area contributed by atoms with Gasteiger partial charge in [-0.05, 0) is 33.6 Å². The molecule has 0 unspecified atom stereocenters. The van der Waals surface area contributed by atoms with Gasteiger partial charge in [-0.2, -0.15) is 0 Å². The van der Waals surface area contributed by atoms with Gasteiger partial charge < -0.3 is 24.6 Å². The van der Waals surface area contributed by atoms with Crippen LogP contribution >= 0.6 is 0 Å². The number of piperidine rings is 1. The second kappa shape index (κ2) is 7.07. The van der Waals surface area contributed by atoms with Crippen LogP contribution in [-0.2, 0) is 9.47 Å². The predicted molar refractivity (Wildman–Crippen MR) is 69.9 cm³/mol. The van der Waals surface area contributed by atoms with E-state index >= 15 is 0 Å². The Kier molecular flexibility index (Phi) is 6.03. The molecule has 112 valence electrons. The maximum Gasteiger partial charge on any atom is 0.410 e. The fraction of sp³-hybridized carbons (Fsp3) is 0.923. The minimum atomic E-state index is -0.530. The molecule has 1 heterocycles. The molecule has 6 nitrogen and oxygen atoms in total. The molecule has 0 aromatic rings. The molecule has 1 aliphatic heterocycles. The third-order valence-corrected chi connectivity index (χ3v) is 2.89. The number of rotatable bonds is 4. The van der Waals surface area contributed by atoms with Gasteiger partial charge >= 0.3 is 6.09 Å². The van der Waals surface area contributed by atoms with Crippen LogP contribution in [0.1, 0.15) is 33.6 Å². The molecule has 0 aromatic heterocycles. The monoisotopic (exact) mass is 275 g/mol. The van der Waals surface area contributed by atoms with Gasteiger partial charge in [0.05, 0.1) is 19.3 Å². The van der Waals surface area contributed by atoms with Gasteiger partial charge in [-0.3, -0.25) is 0 Å². The lowest BCUT2D eigenvalue weighted by Crippen LogP contribution is -2.44. The highest BCUT2D eigenvalue weighted by Crippen LogP contribution is 2.18. The smallest absolute Gasteiger partial charge is 0.410 e. The number of aliphatic hydroxyl groups excluding tert-OH is 2. The molecule has 0 bridgehead atoms. The van der Waals surface area contributed by atoms with Crippen molar-refractivity contribution in [3.05, 3.63) is 0 Å². The Hall–Kier alpha value is -0.850. The number of nitrogens with zero attached hydrogens (tertiary/aromatic N) is 1. The lowest BCUT2D eigenvalue weighted by atomic mass is 10.1. The summed E-state index contributed by atoms with van der Waals surface area (Å²) in [6, 6.07) is 0. The third kappa shape index (κ3) is 5.76. The summed E-state index contributed by atoms with van der Waals surface area (Å²) in [6.07, 6.45) is 0.527. The highest BCUT2D eigenvalue weighted by Gasteiger charge is 2.28. The van der Waals surface area contributed by atoms with E-state index in [1.807, 2.05) is 20.8 Å². The minimum absolute atomic E-state index is 0.0250. The fourth-order valence-electron chi connectivity index (χ4n) is 1.92. The molecule has 1 amide bonds. The van der Waals surface area contributed by atoms with Gasteiger partial charge in [0.15, 0.2) is 0 Å². The van der Waals surface area contributed by atoms with E-state index in [2.05, 4.69) is 0 Å². The molecular formula is C13H25NO5. The van der Waals surface area contributed by atoms with Crippen molar-refractivity contribution >= 4 is 6.09 Å². The average Bonchev–Trinajstić information content (AvgIpc) is 2.34. The molecule has 6 heteroatoms. The predicted octanol–water partition coefficient (Wildman–Crippen LogP) is 0.756. The molecule has 0 spiro atoms. The molecule has 19 heavy (non-hydrogen) atoms. The maximum atomic E-state index is 11.8. The zero-order valence-corrected chi connectivity index (χ0v) is 12.0. The van der Waals surface area contributed by atoms with Crippen LogP contribution < -0.4 is 0 Å². The van der Waals surface area contributed by atoms with E-state index in [-0.39, 0.29) is 25.4 Å². The van der Waals surface area contributed by atoms with Crippen molar-refractivity contribution in [2.45, 2.75) is 51.4 Å². The van der Waals surface area contributed by atoms with Crippen molar-refractivity contribution in [1.82, 2.24) is 4.90 Å². The van der Waals surface area contributed by atoms with Crippen molar-refractivity contribution in [2.24, 2.45) is 0 Å². The number of carbonyl (C=O) groups is 1. The van der Waals surface area contributed by atoms with E-state index < -0.39 is 11.7 Å². The Balaban J connectivity index is 2.34. The first-order chi connectivity index (χ1) is 8.85. The van der Waals surface area contributed by atoms with Gasteiger partial charge in [-0.15, -0.1) is 0 Å². The first-order valence-corrected chi connectivity index (χ1v) is 6.71. The molecule has 0 aromatic carbocycles. The molecule has 0 saturated carbocycles. The van der Waals surface area contributed by atoms with Gasteiger partial charge in [0.2, 0.25) is 0 Å². The van der Waals surface area contributed by atoms with Crippen LogP contribution in [0, 0.1) is 0 Å². The number of hydrogen-bond donors (Lipinski definition) is 2. The van der Waals surface area contributed by atoms with E-state index in [9.17, 15) is 4.79 Å². The van der Waals surface area contributed by atoms with Crippen LogP contribution in [0.3, 0.4) is 0 Å². The Morgan fingerprint density at radius 3 is 2.21 bits per heavy atom. The van der Waals surface area contributed by atoms with Crippen molar-refractivity contribution in [3.8, 4) is 0 Å². The lowest BCUT2D eigenvalue weighted by molar-refractivity contribution is -0.0820. The van der Waals surface area contributed by atoms with Crippen LogP contribution in [0.25, 0.3) is 0 Å². The lowest BCUT2D eigenvalue weighted by Gasteiger charge is -2.34. The molecule has 0 aliphatic carbocycles. The van der Waals surface area contributed by atoms with Crippen LogP contribution in [-0.4, -0.2) is 65.3 Å². The number of likely N-dealkylation sites (tertiary alicyclic amines) is 1. The van der Waals surface area contributed by atoms with Crippen LogP contribution in [0.15, 0.2) is 0 Å². The zero-order valence-electron chi connectivity index (χ0n) is 12.0. The summed E-state index contributed by atoms with van der Waals surface area (Å²) in [5.41, 5.74) is -0.483. The fourth-order valence-corrected chi connectivity index (χ4v) is 1.92. The Labute approximate surface area is 114 Å². The molecule has 0 atom stereocenters. The summed E-state index contributed by atoms with van der Waals surface area (Å²) < 4.78 is 10.8. The summed E-state index contributed by atoms with van der Waals surface area (Å²) in [5.74, 6) is 0. The Morgan fingerprint density at radius 1 is 1.26 bits per heavy atom. The molecule has 1 fully saturated rings. The number of hydrogen-bond acceptors (Lipinski definition) is 5. The Bertz CT molecular complexity index is 277. The Morgan fingerprint density at radius 2 is 1.79 bits per heavy atom. The molecule has 0 radical (unpaired) electrons. The summed E-state index contributed by atoms with van der Waals surface area (Å²) >= 11 is 0. The summed E-state index contributed by atoms with van der Waals surface area (Å²) in [4.78, 5) is 13.5. The molecule has 1 aliphatic rings. The quantitative estimate of drug-likeness (QED) is 0.791. The number of aliphatic hydroxyl groups is 2. The highest BCUT2D eigenvalue weighted by atomic mass is 16.6. The van der Waals surface area contributed by atoms with Crippen molar-refractivity contribution in [2.75, 3.05) is 26.3 Å². The first-order valence-electron chi connectivity index (χ1n) is 6.71. The van der Waals surface area contributed by atoms with Gasteiger partial charge in [-0.25, -0.2) is 4.79 Å². The standard InChI is InChI=1S/C13H25NO5/c1-13(2,3)19-12(17)14-6-4-10(5-7-14)18-11(8-15)9-16/h10-11,15-16H,4-9H2,1-3H3. The van der Waals surface area contributed by atoms with Crippen LogP contribution in [0.4, 0.5) is 4.79 Å². The topological polar surface area (TPSA) is 79.2 Å². The van der Waals surface area contributed by atoms with E-state index in [0.29, 0.717) is 25.9 Å². The van der Waals surface area contributed by atoms with E-state index in [1.54, 1.807) is 4.90 Å². The third-order valence-electron chi connectivity index (χ3n) is 2.89. The summed E-state index contributed by atoms with van der Waals surface area (Å²) in [7, 11) is 0. The highest BCUT2D eigenvalue weighted by molar-refractivity contribution is 5.68. The number of ether oxygens (including phenoxy) is 2.